The third kappa shape index (κ3) is 2.52. The van der Waals surface area contributed by atoms with E-state index >= 15 is 0 Å². The Labute approximate surface area is 122 Å². The van der Waals surface area contributed by atoms with Gasteiger partial charge in [0.05, 0.1) is 0 Å². The summed E-state index contributed by atoms with van der Waals surface area (Å²) in [7, 11) is 3.94. The lowest BCUT2D eigenvalue weighted by Gasteiger charge is -2.11. The van der Waals surface area contributed by atoms with Crippen molar-refractivity contribution < 1.29 is 9.18 Å². The van der Waals surface area contributed by atoms with Crippen LogP contribution in [0.4, 0.5) is 15.8 Å². The molecule has 0 aliphatic carbocycles. The third-order valence-electron chi connectivity index (χ3n) is 3.49. The average molecular weight is 282 g/mol. The standard InChI is InChI=1S/C17H15FN2O/c1-20(2)13-6-3-11(4-7-13)9-15-14-10-12(18)5-8-16(14)19-17(15)21/h3-10H,1-2H3,(H,19,21)/b15-9-. The second-order valence-corrected chi connectivity index (χ2v) is 5.19. The second kappa shape index (κ2) is 5.05. The van der Waals surface area contributed by atoms with Crippen molar-refractivity contribution in [2.24, 2.45) is 0 Å². The van der Waals surface area contributed by atoms with Crippen LogP contribution in [0.5, 0.6) is 0 Å². The predicted molar refractivity (Wildman–Crippen MR) is 83.7 cm³/mol. The number of anilines is 2. The van der Waals surface area contributed by atoms with Crippen LogP contribution in [0.3, 0.4) is 0 Å². The molecule has 4 heteroatoms. The van der Waals surface area contributed by atoms with Crippen LogP contribution in [0.25, 0.3) is 11.6 Å². The summed E-state index contributed by atoms with van der Waals surface area (Å²) in [6, 6.07) is 12.1. The second-order valence-electron chi connectivity index (χ2n) is 5.19. The molecule has 1 aliphatic heterocycles. The molecule has 1 amide bonds. The van der Waals surface area contributed by atoms with E-state index in [4.69, 9.17) is 0 Å². The van der Waals surface area contributed by atoms with E-state index in [0.29, 0.717) is 16.8 Å². The molecule has 0 radical (unpaired) electrons. The molecule has 0 saturated carbocycles. The first-order chi connectivity index (χ1) is 10.0. The Morgan fingerprint density at radius 2 is 1.81 bits per heavy atom. The van der Waals surface area contributed by atoms with Gasteiger partial charge in [-0.2, -0.15) is 0 Å². The Morgan fingerprint density at radius 1 is 1.10 bits per heavy atom. The summed E-state index contributed by atoms with van der Waals surface area (Å²) in [6.45, 7) is 0. The average Bonchev–Trinajstić information content (AvgIpc) is 2.76. The van der Waals surface area contributed by atoms with Crippen molar-refractivity contribution in [2.45, 2.75) is 0 Å². The van der Waals surface area contributed by atoms with Crippen LogP contribution in [0.2, 0.25) is 0 Å². The minimum absolute atomic E-state index is 0.202. The zero-order chi connectivity index (χ0) is 15.0. The number of carbonyl (C=O) groups excluding carboxylic acids is 1. The van der Waals surface area contributed by atoms with Gasteiger partial charge < -0.3 is 10.2 Å². The fourth-order valence-corrected chi connectivity index (χ4v) is 2.34. The molecule has 0 bridgehead atoms. The number of carbonyl (C=O) groups is 1. The number of hydrogen-bond donors (Lipinski definition) is 1. The highest BCUT2D eigenvalue weighted by Gasteiger charge is 2.24. The first-order valence-corrected chi connectivity index (χ1v) is 6.65. The Kier molecular flexibility index (Phi) is 3.22. The van der Waals surface area contributed by atoms with Crippen LogP contribution < -0.4 is 10.2 Å². The van der Waals surface area contributed by atoms with E-state index in [1.54, 1.807) is 12.1 Å². The molecule has 106 valence electrons. The lowest BCUT2D eigenvalue weighted by Crippen LogP contribution is -2.08. The summed E-state index contributed by atoms with van der Waals surface area (Å²) in [5.74, 6) is -0.550. The van der Waals surface area contributed by atoms with E-state index in [1.165, 1.54) is 12.1 Å². The number of benzene rings is 2. The maximum absolute atomic E-state index is 13.4. The van der Waals surface area contributed by atoms with Gasteiger partial charge in [0.2, 0.25) is 0 Å². The lowest BCUT2D eigenvalue weighted by atomic mass is 10.0. The Bertz CT molecular complexity index is 733. The Morgan fingerprint density at radius 3 is 2.48 bits per heavy atom. The summed E-state index contributed by atoms with van der Waals surface area (Å²) in [4.78, 5) is 14.0. The number of rotatable bonds is 2. The van der Waals surface area contributed by atoms with E-state index < -0.39 is 0 Å². The van der Waals surface area contributed by atoms with Gasteiger partial charge in [0, 0.05) is 36.6 Å². The van der Waals surface area contributed by atoms with Crippen molar-refractivity contribution in [3.8, 4) is 0 Å². The summed E-state index contributed by atoms with van der Waals surface area (Å²) in [6.07, 6.45) is 1.78. The minimum Gasteiger partial charge on any atom is -0.378 e. The fraction of sp³-hybridized carbons (Fsp3) is 0.118. The highest BCUT2D eigenvalue weighted by atomic mass is 19.1. The van der Waals surface area contributed by atoms with Gasteiger partial charge in [-0.3, -0.25) is 4.79 Å². The quantitative estimate of drug-likeness (QED) is 0.856. The van der Waals surface area contributed by atoms with Crippen molar-refractivity contribution >= 4 is 28.9 Å². The maximum Gasteiger partial charge on any atom is 0.256 e. The predicted octanol–water partition coefficient (Wildman–Crippen LogP) is 3.38. The number of halogens is 1. The molecule has 1 heterocycles. The van der Waals surface area contributed by atoms with E-state index in [1.807, 2.05) is 43.3 Å². The maximum atomic E-state index is 13.4. The summed E-state index contributed by atoms with van der Waals surface area (Å²) in [5.41, 5.74) is 3.73. The van der Waals surface area contributed by atoms with Gasteiger partial charge in [-0.05, 0) is 42.0 Å². The van der Waals surface area contributed by atoms with Gasteiger partial charge in [0.15, 0.2) is 0 Å². The molecule has 2 aromatic rings. The normalized spacial score (nSPS) is 15.0. The molecule has 0 spiro atoms. The molecule has 2 aromatic carbocycles. The molecule has 0 fully saturated rings. The largest absolute Gasteiger partial charge is 0.378 e. The van der Waals surface area contributed by atoms with Gasteiger partial charge in [0.25, 0.3) is 5.91 Å². The molecule has 0 unspecified atom stereocenters. The van der Waals surface area contributed by atoms with Crippen LogP contribution in [-0.2, 0) is 4.79 Å². The number of hydrogen-bond acceptors (Lipinski definition) is 2. The van der Waals surface area contributed by atoms with Crippen LogP contribution >= 0.6 is 0 Å². The molecule has 0 aromatic heterocycles. The molecule has 0 atom stereocenters. The molecule has 3 nitrogen and oxygen atoms in total. The summed E-state index contributed by atoms with van der Waals surface area (Å²) < 4.78 is 13.4. The topological polar surface area (TPSA) is 32.3 Å². The third-order valence-corrected chi connectivity index (χ3v) is 3.49. The van der Waals surface area contributed by atoms with Gasteiger partial charge in [-0.1, -0.05) is 12.1 Å². The Balaban J connectivity index is 2.00. The highest BCUT2D eigenvalue weighted by molar-refractivity contribution is 6.34. The van der Waals surface area contributed by atoms with Crippen molar-refractivity contribution in [3.63, 3.8) is 0 Å². The molecular weight excluding hydrogens is 267 g/mol. The smallest absolute Gasteiger partial charge is 0.256 e. The van der Waals surface area contributed by atoms with E-state index in [-0.39, 0.29) is 11.7 Å². The van der Waals surface area contributed by atoms with E-state index in [9.17, 15) is 9.18 Å². The Hall–Kier alpha value is -2.62. The number of fused-ring (bicyclic) bond motifs is 1. The molecular formula is C17H15FN2O. The monoisotopic (exact) mass is 282 g/mol. The molecule has 21 heavy (non-hydrogen) atoms. The number of amides is 1. The molecule has 3 rings (SSSR count). The van der Waals surface area contributed by atoms with Gasteiger partial charge in [0.1, 0.15) is 5.82 Å². The van der Waals surface area contributed by atoms with E-state index in [0.717, 1.165) is 11.3 Å². The van der Waals surface area contributed by atoms with E-state index in [2.05, 4.69) is 5.32 Å². The fourth-order valence-electron chi connectivity index (χ4n) is 2.34. The summed E-state index contributed by atoms with van der Waals surface area (Å²) >= 11 is 0. The first kappa shape index (κ1) is 13.4. The lowest BCUT2D eigenvalue weighted by molar-refractivity contribution is -0.110. The van der Waals surface area contributed by atoms with Crippen LogP contribution in [-0.4, -0.2) is 20.0 Å². The van der Waals surface area contributed by atoms with Crippen LogP contribution in [0, 0.1) is 5.82 Å². The SMILES string of the molecule is CN(C)c1ccc(/C=C2\C(=O)Nc3ccc(F)cc32)cc1. The van der Waals surface area contributed by atoms with Crippen molar-refractivity contribution in [3.05, 3.63) is 59.4 Å². The first-order valence-electron chi connectivity index (χ1n) is 6.65. The molecule has 0 saturated heterocycles. The molecule has 1 N–H and O–H groups in total. The number of nitrogens with one attached hydrogen (secondary N) is 1. The van der Waals surface area contributed by atoms with Crippen molar-refractivity contribution in [1.82, 2.24) is 0 Å². The van der Waals surface area contributed by atoms with Gasteiger partial charge in [-0.15, -0.1) is 0 Å². The molecule has 1 aliphatic rings. The summed E-state index contributed by atoms with van der Waals surface area (Å²) in [5, 5.41) is 2.74. The van der Waals surface area contributed by atoms with Crippen LogP contribution in [0.1, 0.15) is 11.1 Å². The van der Waals surface area contributed by atoms with Crippen molar-refractivity contribution in [1.29, 1.82) is 0 Å². The highest BCUT2D eigenvalue weighted by Crippen LogP contribution is 2.33. The minimum atomic E-state index is -0.348. The zero-order valence-electron chi connectivity index (χ0n) is 11.9. The van der Waals surface area contributed by atoms with Crippen LogP contribution in [0.15, 0.2) is 42.5 Å². The van der Waals surface area contributed by atoms with Gasteiger partial charge >= 0.3 is 0 Å². The number of nitrogens with zero attached hydrogens (tertiary/aromatic N) is 1. The zero-order valence-corrected chi connectivity index (χ0v) is 11.9. The van der Waals surface area contributed by atoms with Gasteiger partial charge in [-0.25, -0.2) is 4.39 Å². The van der Waals surface area contributed by atoms with Crippen molar-refractivity contribution in [2.75, 3.05) is 24.3 Å².